The molecule has 0 aliphatic carbocycles. The molecule has 2 aromatic rings. The number of hydrogen-bond donors (Lipinski definition) is 1. The van der Waals surface area contributed by atoms with Crippen molar-refractivity contribution in [2.45, 2.75) is 20.4 Å². The van der Waals surface area contributed by atoms with Crippen LogP contribution in [-0.2, 0) is 6.54 Å². The van der Waals surface area contributed by atoms with Crippen molar-refractivity contribution in [3.63, 3.8) is 0 Å². The Bertz CT molecular complexity index is 641. The molecule has 18 heavy (non-hydrogen) atoms. The highest BCUT2D eigenvalue weighted by Crippen LogP contribution is 2.25. The molecule has 1 N–H and O–H groups in total. The first kappa shape index (κ1) is 13.0. The molecule has 0 saturated heterocycles. The number of aromatic hydroxyl groups is 1. The van der Waals surface area contributed by atoms with Gasteiger partial charge in [-0.25, -0.2) is 0 Å². The zero-order valence-electron chi connectivity index (χ0n) is 10.3. The van der Waals surface area contributed by atoms with Crippen LogP contribution in [0.2, 0.25) is 0 Å². The van der Waals surface area contributed by atoms with Crippen LogP contribution in [0.1, 0.15) is 17.4 Å². The lowest BCUT2D eigenvalue weighted by atomic mass is 10.2. The average molecular weight is 278 g/mol. The van der Waals surface area contributed by atoms with Crippen LogP contribution in [0.5, 0.6) is 5.88 Å². The molecule has 0 atom stereocenters. The first-order chi connectivity index (χ1) is 8.61. The number of hydrogen-bond acceptors (Lipinski definition) is 4. The Morgan fingerprint density at radius 3 is 2.89 bits per heavy atom. The minimum atomic E-state index is 0.198. The predicted molar refractivity (Wildman–Crippen MR) is 78.9 cm³/mol. The van der Waals surface area contributed by atoms with E-state index in [0.717, 1.165) is 11.3 Å². The van der Waals surface area contributed by atoms with Crippen LogP contribution in [-0.4, -0.2) is 15.9 Å². The zero-order valence-corrected chi connectivity index (χ0v) is 11.9. The monoisotopic (exact) mass is 278 g/mol. The number of aryl methyl sites for hydroxylation is 1. The highest BCUT2D eigenvalue weighted by molar-refractivity contribution is 7.73. The van der Waals surface area contributed by atoms with E-state index < -0.39 is 0 Å². The van der Waals surface area contributed by atoms with E-state index >= 15 is 0 Å². The second kappa shape index (κ2) is 5.46. The van der Waals surface area contributed by atoms with Crippen molar-refractivity contribution in [1.29, 1.82) is 0 Å². The smallest absolute Gasteiger partial charge is 0.212 e. The van der Waals surface area contributed by atoms with E-state index in [2.05, 4.69) is 4.99 Å². The molecule has 0 bridgehead atoms. The van der Waals surface area contributed by atoms with Crippen LogP contribution in [0.25, 0.3) is 0 Å². The van der Waals surface area contributed by atoms with E-state index in [-0.39, 0.29) is 5.88 Å². The van der Waals surface area contributed by atoms with E-state index in [9.17, 15) is 5.11 Å². The van der Waals surface area contributed by atoms with Gasteiger partial charge in [0.25, 0.3) is 0 Å². The fourth-order valence-electron chi connectivity index (χ4n) is 1.62. The summed E-state index contributed by atoms with van der Waals surface area (Å²) in [6.45, 7) is 4.64. The Morgan fingerprint density at radius 2 is 2.28 bits per heavy atom. The van der Waals surface area contributed by atoms with Crippen molar-refractivity contribution in [1.82, 2.24) is 4.57 Å². The highest BCUT2D eigenvalue weighted by atomic mass is 32.1. The first-order valence-electron chi connectivity index (χ1n) is 5.65. The lowest BCUT2D eigenvalue weighted by Gasteiger charge is -1.98. The van der Waals surface area contributed by atoms with Gasteiger partial charge >= 0.3 is 0 Å². The van der Waals surface area contributed by atoms with Crippen molar-refractivity contribution >= 4 is 35.5 Å². The quantitative estimate of drug-likeness (QED) is 0.679. The lowest BCUT2D eigenvalue weighted by molar-refractivity contribution is 0.419. The van der Waals surface area contributed by atoms with Gasteiger partial charge in [-0.05, 0) is 43.8 Å². The molecule has 3 nitrogen and oxygen atoms in total. The molecule has 1 heterocycles. The molecule has 5 heteroatoms. The largest absolute Gasteiger partial charge is 0.493 e. The van der Waals surface area contributed by atoms with Crippen LogP contribution < -0.4 is 0 Å². The second-order valence-corrected chi connectivity index (χ2v) is 5.57. The molecule has 0 aliphatic rings. The molecule has 0 aliphatic heterocycles. The summed E-state index contributed by atoms with van der Waals surface area (Å²) >= 11 is 6.54. The van der Waals surface area contributed by atoms with Gasteiger partial charge in [0.2, 0.25) is 5.88 Å². The Hall–Kier alpha value is -1.46. The molecule has 0 radical (unpaired) electrons. The van der Waals surface area contributed by atoms with Crippen molar-refractivity contribution in [2.75, 3.05) is 0 Å². The molecule has 94 valence electrons. The molecule has 0 saturated carbocycles. The second-order valence-electron chi connectivity index (χ2n) is 3.90. The average Bonchev–Trinajstić information content (AvgIpc) is 2.61. The number of nitrogens with zero attached hydrogens (tertiary/aromatic N) is 2. The summed E-state index contributed by atoms with van der Waals surface area (Å²) in [6.07, 6.45) is 1.66. The number of rotatable bonds is 3. The van der Waals surface area contributed by atoms with Gasteiger partial charge < -0.3 is 5.11 Å². The summed E-state index contributed by atoms with van der Waals surface area (Å²) in [6, 6.07) is 7.90. The van der Waals surface area contributed by atoms with Crippen LogP contribution >= 0.6 is 23.6 Å². The van der Waals surface area contributed by atoms with Gasteiger partial charge in [-0.2, -0.15) is 0 Å². The standard InChI is InChI=1S/C13H14N2OS2/c1-3-15-12(16)11(18-13(15)17)8-14-10-6-4-5-9(2)7-10/h4-8,16H,3H2,1-2H3. The van der Waals surface area contributed by atoms with Crippen LogP contribution in [0.3, 0.4) is 0 Å². The Balaban J connectivity index is 2.32. The third-order valence-electron chi connectivity index (χ3n) is 2.54. The van der Waals surface area contributed by atoms with E-state index in [4.69, 9.17) is 12.2 Å². The summed E-state index contributed by atoms with van der Waals surface area (Å²) in [5.41, 5.74) is 2.03. The molecular formula is C13H14N2OS2. The molecule has 1 aromatic carbocycles. The summed E-state index contributed by atoms with van der Waals surface area (Å²) in [4.78, 5) is 5.05. The Labute approximate surface area is 115 Å². The molecule has 2 rings (SSSR count). The molecule has 0 amide bonds. The fraction of sp³-hybridized carbons (Fsp3) is 0.231. The number of thiazole rings is 1. The maximum atomic E-state index is 9.96. The maximum Gasteiger partial charge on any atom is 0.212 e. The van der Waals surface area contributed by atoms with Crippen molar-refractivity contribution < 1.29 is 5.11 Å². The summed E-state index contributed by atoms with van der Waals surface area (Å²) in [7, 11) is 0. The van der Waals surface area contributed by atoms with E-state index in [1.165, 1.54) is 11.3 Å². The third kappa shape index (κ3) is 2.68. The van der Waals surface area contributed by atoms with Crippen LogP contribution in [0.4, 0.5) is 5.69 Å². The minimum absolute atomic E-state index is 0.198. The number of aromatic nitrogens is 1. The first-order valence-corrected chi connectivity index (χ1v) is 6.87. The molecule has 0 spiro atoms. The minimum Gasteiger partial charge on any atom is -0.493 e. The van der Waals surface area contributed by atoms with Crippen LogP contribution in [0, 0.1) is 10.9 Å². The lowest BCUT2D eigenvalue weighted by Crippen LogP contribution is -1.92. The van der Waals surface area contributed by atoms with Crippen molar-refractivity contribution in [3.8, 4) is 5.88 Å². The summed E-state index contributed by atoms with van der Waals surface area (Å²) in [5, 5.41) is 9.96. The fourth-order valence-corrected chi connectivity index (χ4v) is 2.92. The maximum absolute atomic E-state index is 9.96. The summed E-state index contributed by atoms with van der Waals surface area (Å²) < 4.78 is 2.36. The van der Waals surface area contributed by atoms with Gasteiger partial charge in [0.1, 0.15) is 4.88 Å². The van der Waals surface area contributed by atoms with E-state index in [1.807, 2.05) is 38.1 Å². The predicted octanol–water partition coefficient (Wildman–Crippen LogP) is 4.06. The van der Waals surface area contributed by atoms with Gasteiger partial charge in [-0.3, -0.25) is 9.56 Å². The number of benzene rings is 1. The van der Waals surface area contributed by atoms with Gasteiger partial charge in [0.05, 0.1) is 11.9 Å². The van der Waals surface area contributed by atoms with E-state index in [1.54, 1.807) is 10.8 Å². The van der Waals surface area contributed by atoms with Gasteiger partial charge in [0.15, 0.2) is 3.95 Å². The van der Waals surface area contributed by atoms with Crippen molar-refractivity contribution in [2.24, 2.45) is 4.99 Å². The van der Waals surface area contributed by atoms with E-state index in [0.29, 0.717) is 15.4 Å². The van der Waals surface area contributed by atoms with Gasteiger partial charge in [-0.15, -0.1) is 0 Å². The molecular weight excluding hydrogens is 264 g/mol. The third-order valence-corrected chi connectivity index (χ3v) is 3.92. The van der Waals surface area contributed by atoms with Gasteiger partial charge in [0, 0.05) is 6.54 Å². The molecule has 0 unspecified atom stereocenters. The normalized spacial score (nSPS) is 11.2. The van der Waals surface area contributed by atoms with Crippen LogP contribution in [0.15, 0.2) is 29.3 Å². The Morgan fingerprint density at radius 1 is 1.50 bits per heavy atom. The Kier molecular flexibility index (Phi) is 3.93. The number of aliphatic imine (C=N–C) groups is 1. The topological polar surface area (TPSA) is 37.5 Å². The zero-order chi connectivity index (χ0) is 13.1. The SMILES string of the molecule is CCn1c(O)c(C=Nc2cccc(C)c2)sc1=S. The van der Waals surface area contributed by atoms with Crippen molar-refractivity contribution in [3.05, 3.63) is 38.7 Å². The van der Waals surface area contributed by atoms with Gasteiger partial charge in [-0.1, -0.05) is 23.5 Å². The highest BCUT2D eigenvalue weighted by Gasteiger charge is 2.07. The molecule has 0 fully saturated rings. The molecule has 1 aromatic heterocycles. The summed E-state index contributed by atoms with van der Waals surface area (Å²) in [5.74, 6) is 0.198.